The fourth-order valence-corrected chi connectivity index (χ4v) is 6.73. The molecule has 278 valence electrons. The number of benzene rings is 2. The molecule has 0 amide bonds. The molecule has 0 unspecified atom stereocenters. The number of alkyl halides is 5. The lowest BCUT2D eigenvalue weighted by molar-refractivity contribution is -0.138. The summed E-state index contributed by atoms with van der Waals surface area (Å²) in [5.41, 5.74) is 1.51. The van der Waals surface area contributed by atoms with E-state index in [-0.39, 0.29) is 17.1 Å². The topological polar surface area (TPSA) is 49.7 Å². The van der Waals surface area contributed by atoms with E-state index in [4.69, 9.17) is 9.47 Å². The highest BCUT2D eigenvalue weighted by Crippen LogP contribution is 2.40. The van der Waals surface area contributed by atoms with E-state index in [9.17, 15) is 22.0 Å². The van der Waals surface area contributed by atoms with E-state index in [1.54, 1.807) is 24.2 Å². The van der Waals surface area contributed by atoms with Gasteiger partial charge in [0.25, 0.3) is 6.43 Å². The van der Waals surface area contributed by atoms with Gasteiger partial charge in [-0.25, -0.2) is 18.8 Å². The van der Waals surface area contributed by atoms with Gasteiger partial charge in [-0.05, 0) is 75.9 Å². The zero-order chi connectivity index (χ0) is 37.6. The lowest BCUT2D eigenvalue weighted by atomic mass is 10.1. The van der Waals surface area contributed by atoms with Gasteiger partial charge in [0.05, 0.1) is 48.4 Å². The van der Waals surface area contributed by atoms with E-state index in [0.717, 1.165) is 49.6 Å². The number of halogens is 5. The maximum Gasteiger partial charge on any atom is 0.420 e. The largest absolute Gasteiger partial charge is 0.493 e. The van der Waals surface area contributed by atoms with Gasteiger partial charge >= 0.3 is 6.18 Å². The van der Waals surface area contributed by atoms with Gasteiger partial charge in [-0.3, -0.25) is 0 Å². The van der Waals surface area contributed by atoms with Gasteiger partial charge in [-0.1, -0.05) is 51.4 Å². The van der Waals surface area contributed by atoms with Crippen molar-refractivity contribution in [3.63, 3.8) is 0 Å². The predicted molar refractivity (Wildman–Crippen MR) is 202 cm³/mol. The minimum atomic E-state index is -4.47. The monoisotopic (exact) mass is 730 g/mol. The molecule has 0 aromatic heterocycles. The Hall–Kier alpha value is -2.94. The van der Waals surface area contributed by atoms with Gasteiger partial charge in [0.1, 0.15) is 11.5 Å². The molecule has 0 saturated carbocycles. The molecule has 13 heteroatoms. The van der Waals surface area contributed by atoms with Crippen molar-refractivity contribution >= 4 is 40.2 Å². The van der Waals surface area contributed by atoms with Gasteiger partial charge in [0.2, 0.25) is 0 Å². The van der Waals surface area contributed by atoms with Gasteiger partial charge in [-0.2, -0.15) is 13.2 Å². The minimum absolute atomic E-state index is 0.0834. The number of ether oxygens (including phenoxy) is 2. The summed E-state index contributed by atoms with van der Waals surface area (Å²) in [6.07, 6.45) is -2.17. The zero-order valence-electron chi connectivity index (χ0n) is 31.7. The molecule has 2 aromatic rings. The summed E-state index contributed by atoms with van der Waals surface area (Å²) >= 11 is 0. The molecule has 2 rings (SSSR count). The number of hydrogen-bond donors (Lipinski definition) is 0. The van der Waals surface area contributed by atoms with Crippen molar-refractivity contribution < 1.29 is 31.4 Å². The Labute approximate surface area is 293 Å². The van der Waals surface area contributed by atoms with Crippen LogP contribution in [-0.2, 0) is 6.18 Å². The van der Waals surface area contributed by atoms with Crippen molar-refractivity contribution in [2.75, 3.05) is 40.4 Å². The first-order valence-electron chi connectivity index (χ1n) is 17.0. The van der Waals surface area contributed by atoms with E-state index < -0.39 is 34.3 Å². The third-order valence-corrected chi connectivity index (χ3v) is 11.3. The van der Waals surface area contributed by atoms with Crippen LogP contribution in [0.3, 0.4) is 0 Å². The van der Waals surface area contributed by atoms with Crippen LogP contribution < -0.4 is 9.47 Å². The maximum atomic E-state index is 13.4. The van der Waals surface area contributed by atoms with Crippen LogP contribution in [0.25, 0.3) is 0 Å². The van der Waals surface area contributed by atoms with Gasteiger partial charge in [0.15, 0.2) is 0 Å². The van der Waals surface area contributed by atoms with Crippen molar-refractivity contribution in [1.29, 1.82) is 0 Å². The molecule has 0 spiro atoms. The first-order valence-corrected chi connectivity index (χ1v) is 24.4. The number of aryl methyl sites for hydroxylation is 2. The highest BCUT2D eigenvalue weighted by atomic mass is 28.3. The first kappa shape index (κ1) is 44.1. The van der Waals surface area contributed by atoms with Gasteiger partial charge < -0.3 is 19.3 Å². The SMILES string of the molecule is CCN(C)C=Nc1cc(C(F)(F)F)c(OCCC[Si](C)(C)C)cc1C.CCN(C)C=Nc1cc(C(F)F)c(OCCC[Si](C)(C)C)cc1C. The molecule has 0 aliphatic rings. The third kappa shape index (κ3) is 17.5. The molecule has 0 fully saturated rings. The Morgan fingerprint density at radius 1 is 0.714 bits per heavy atom. The molecule has 0 bridgehead atoms. The molecular weight excluding hydrogens is 672 g/mol. The average Bonchev–Trinajstić information content (AvgIpc) is 2.98. The quantitative estimate of drug-likeness (QED) is 0.0535. The number of nitrogens with zero attached hydrogens (tertiary/aromatic N) is 4. The Kier molecular flexibility index (Phi) is 18.0. The number of aliphatic imine (C=N–C) groups is 2. The van der Waals surface area contributed by atoms with Gasteiger partial charge in [0, 0.05) is 43.3 Å². The lowest BCUT2D eigenvalue weighted by Crippen LogP contribution is -2.20. The minimum Gasteiger partial charge on any atom is -0.493 e. The summed E-state index contributed by atoms with van der Waals surface area (Å²) in [5.74, 6) is 0.171. The second kappa shape index (κ2) is 20.0. The van der Waals surface area contributed by atoms with E-state index in [1.807, 2.05) is 39.8 Å². The molecule has 0 heterocycles. The summed E-state index contributed by atoms with van der Waals surface area (Å²) in [5, 5.41) is 0. The molecule has 2 aromatic carbocycles. The molecule has 0 atom stereocenters. The molecule has 49 heavy (non-hydrogen) atoms. The van der Waals surface area contributed by atoms with Crippen LogP contribution >= 0.6 is 0 Å². The van der Waals surface area contributed by atoms with Crippen LogP contribution in [-0.4, -0.2) is 79.0 Å². The van der Waals surface area contributed by atoms with Crippen LogP contribution in [0.4, 0.5) is 33.3 Å². The molecule has 0 saturated heterocycles. The van der Waals surface area contributed by atoms with Crippen molar-refractivity contribution in [1.82, 2.24) is 9.80 Å². The molecule has 0 N–H and O–H groups in total. The van der Waals surface area contributed by atoms with Crippen LogP contribution in [0.2, 0.25) is 51.4 Å². The summed E-state index contributed by atoms with van der Waals surface area (Å²) in [6, 6.07) is 7.78. The Balaban J connectivity index is 0.000000490. The van der Waals surface area contributed by atoms with Crippen molar-refractivity contribution in [3.05, 3.63) is 46.5 Å². The van der Waals surface area contributed by atoms with Gasteiger partial charge in [-0.15, -0.1) is 0 Å². The summed E-state index contributed by atoms with van der Waals surface area (Å²) in [4.78, 5) is 12.2. The number of rotatable bonds is 17. The number of hydrogen-bond acceptors (Lipinski definition) is 4. The fraction of sp³-hybridized carbons (Fsp3) is 0.611. The van der Waals surface area contributed by atoms with Crippen LogP contribution in [0.15, 0.2) is 34.3 Å². The van der Waals surface area contributed by atoms with Crippen LogP contribution in [0.5, 0.6) is 11.5 Å². The summed E-state index contributed by atoms with van der Waals surface area (Å²) in [7, 11) is 1.37. The third-order valence-electron chi connectivity index (χ3n) is 7.61. The lowest BCUT2D eigenvalue weighted by Gasteiger charge is -2.18. The Bertz CT molecular complexity index is 1360. The summed E-state index contributed by atoms with van der Waals surface area (Å²) < 4.78 is 78.0. The highest BCUT2D eigenvalue weighted by molar-refractivity contribution is 6.76. The van der Waals surface area contributed by atoms with Crippen molar-refractivity contribution in [2.45, 2.75) is 105 Å². The predicted octanol–water partition coefficient (Wildman–Crippen LogP) is 11.4. The van der Waals surface area contributed by atoms with E-state index in [2.05, 4.69) is 49.3 Å². The summed E-state index contributed by atoms with van der Waals surface area (Å²) in [6.45, 7) is 23.4. The van der Waals surface area contributed by atoms with Crippen LogP contribution in [0.1, 0.15) is 55.4 Å². The van der Waals surface area contributed by atoms with E-state index in [1.165, 1.54) is 18.5 Å². The second-order valence-corrected chi connectivity index (χ2v) is 26.0. The van der Waals surface area contributed by atoms with E-state index in [0.29, 0.717) is 30.2 Å². The Morgan fingerprint density at radius 2 is 1.12 bits per heavy atom. The normalized spacial score (nSPS) is 12.4. The Morgan fingerprint density at radius 3 is 1.51 bits per heavy atom. The van der Waals surface area contributed by atoms with E-state index >= 15 is 0 Å². The average molecular weight is 731 g/mol. The van der Waals surface area contributed by atoms with Crippen molar-refractivity contribution in [3.8, 4) is 11.5 Å². The smallest absolute Gasteiger partial charge is 0.420 e. The molecular formula is C36H59F5N4O2Si2. The molecule has 0 aliphatic heterocycles. The standard InChI is InChI=1S/C18H29F3N2OSi.C18H30F2N2OSi/c1-7-23(3)13-22-16-12-15(18(19,20)21)17(11-14(16)2)24-9-8-10-25(4,5)6;1-7-22(3)13-21-16-12-15(18(19)20)17(11-14(16)2)23-9-8-10-24(4,5)6/h11-13H,7-10H2,1-6H3;11-13,18H,7-10H2,1-6H3. The maximum absolute atomic E-state index is 13.4. The first-order chi connectivity index (χ1) is 22.6. The molecule has 0 radical (unpaired) electrons. The fourth-order valence-electron chi connectivity index (χ4n) is 4.32. The second-order valence-electron chi connectivity index (χ2n) is 14.8. The zero-order valence-corrected chi connectivity index (χ0v) is 33.7. The van der Waals surface area contributed by atoms with Crippen LogP contribution in [0, 0.1) is 13.8 Å². The highest BCUT2D eigenvalue weighted by Gasteiger charge is 2.35. The molecule has 6 nitrogen and oxygen atoms in total. The molecule has 0 aliphatic carbocycles. The van der Waals surface area contributed by atoms with Crippen molar-refractivity contribution in [2.24, 2.45) is 9.98 Å².